The zero-order valence-corrected chi connectivity index (χ0v) is 12.1. The lowest BCUT2D eigenvalue weighted by Gasteiger charge is -2.24. The summed E-state index contributed by atoms with van der Waals surface area (Å²) in [6.07, 6.45) is 8.99. The molecule has 1 aromatic rings. The predicted molar refractivity (Wildman–Crippen MR) is 75.2 cm³/mol. The fourth-order valence-electron chi connectivity index (χ4n) is 2.57. The average molecular weight is 280 g/mol. The molecule has 1 aliphatic carbocycles. The van der Waals surface area contributed by atoms with Crippen LogP contribution in [0.25, 0.3) is 0 Å². The molecule has 1 amide bonds. The first kappa shape index (κ1) is 15.0. The van der Waals surface area contributed by atoms with Gasteiger partial charge in [-0.1, -0.05) is 24.5 Å². The summed E-state index contributed by atoms with van der Waals surface area (Å²) in [5.74, 6) is 0.00973. The topological polar surface area (TPSA) is 80.0 Å². The Labute approximate surface area is 119 Å². The van der Waals surface area contributed by atoms with Crippen LogP contribution in [0.1, 0.15) is 57.2 Å². The number of rotatable bonds is 6. The summed E-state index contributed by atoms with van der Waals surface area (Å²) in [7, 11) is 0. The molecule has 0 bridgehead atoms. The molecule has 6 nitrogen and oxygen atoms in total. The molecular formula is C14H24N4O2. The number of aryl methyl sites for hydroxylation is 1. The molecule has 1 unspecified atom stereocenters. The summed E-state index contributed by atoms with van der Waals surface area (Å²) >= 11 is 0. The molecule has 1 fully saturated rings. The van der Waals surface area contributed by atoms with Crippen LogP contribution in [0.4, 0.5) is 0 Å². The van der Waals surface area contributed by atoms with Gasteiger partial charge in [-0.3, -0.25) is 4.79 Å². The lowest BCUT2D eigenvalue weighted by molar-refractivity contribution is -0.125. The molecule has 2 rings (SSSR count). The van der Waals surface area contributed by atoms with E-state index in [0.29, 0.717) is 18.9 Å². The van der Waals surface area contributed by atoms with Crippen molar-refractivity contribution in [1.29, 1.82) is 0 Å². The highest BCUT2D eigenvalue weighted by Crippen LogP contribution is 2.18. The summed E-state index contributed by atoms with van der Waals surface area (Å²) in [6.45, 7) is 1.98. The summed E-state index contributed by atoms with van der Waals surface area (Å²) < 4.78 is 1.60. The van der Waals surface area contributed by atoms with Crippen LogP contribution in [0.2, 0.25) is 0 Å². The second-order valence-electron chi connectivity index (χ2n) is 5.54. The van der Waals surface area contributed by atoms with E-state index in [1.807, 2.05) is 6.92 Å². The van der Waals surface area contributed by atoms with Gasteiger partial charge >= 0.3 is 0 Å². The molecule has 1 heterocycles. The van der Waals surface area contributed by atoms with Gasteiger partial charge in [-0.25, -0.2) is 4.68 Å². The maximum Gasteiger partial charge on any atom is 0.244 e. The fraction of sp³-hybridized carbons (Fsp3) is 0.786. The van der Waals surface area contributed by atoms with Crippen molar-refractivity contribution in [2.24, 2.45) is 0 Å². The van der Waals surface area contributed by atoms with Gasteiger partial charge in [0, 0.05) is 18.8 Å². The molecule has 0 aromatic carbocycles. The number of hydrogen-bond donors (Lipinski definition) is 2. The molecule has 6 heteroatoms. The number of nitrogens with zero attached hydrogens (tertiary/aromatic N) is 3. The quantitative estimate of drug-likeness (QED) is 0.821. The summed E-state index contributed by atoms with van der Waals surface area (Å²) in [4.78, 5) is 12.2. The van der Waals surface area contributed by atoms with Crippen LogP contribution in [-0.2, 0) is 11.2 Å². The minimum atomic E-state index is -0.340. The van der Waals surface area contributed by atoms with E-state index in [-0.39, 0.29) is 18.6 Å². The van der Waals surface area contributed by atoms with Gasteiger partial charge in [0.2, 0.25) is 5.91 Å². The third kappa shape index (κ3) is 4.03. The Morgan fingerprint density at radius 2 is 2.25 bits per heavy atom. The highest BCUT2D eigenvalue weighted by atomic mass is 16.2. The van der Waals surface area contributed by atoms with Crippen molar-refractivity contribution in [1.82, 2.24) is 20.3 Å². The first-order valence-electron chi connectivity index (χ1n) is 7.52. The van der Waals surface area contributed by atoms with E-state index in [2.05, 4.69) is 15.6 Å². The number of hydrogen-bond acceptors (Lipinski definition) is 4. The van der Waals surface area contributed by atoms with Gasteiger partial charge < -0.3 is 10.4 Å². The zero-order valence-electron chi connectivity index (χ0n) is 12.1. The molecule has 2 N–H and O–H groups in total. The molecule has 20 heavy (non-hydrogen) atoms. The van der Waals surface area contributed by atoms with Crippen LogP contribution in [0.3, 0.4) is 0 Å². The third-order valence-corrected chi connectivity index (χ3v) is 3.88. The van der Waals surface area contributed by atoms with E-state index in [1.165, 1.54) is 19.3 Å². The molecule has 0 aliphatic heterocycles. The van der Waals surface area contributed by atoms with Crippen molar-refractivity contribution >= 4 is 5.91 Å². The number of amides is 1. The molecule has 1 aliphatic rings. The van der Waals surface area contributed by atoms with Crippen molar-refractivity contribution in [3.8, 4) is 0 Å². The maximum atomic E-state index is 12.2. The lowest BCUT2D eigenvalue weighted by atomic mass is 9.95. The van der Waals surface area contributed by atoms with Crippen LogP contribution in [-0.4, -0.2) is 38.7 Å². The molecule has 0 saturated heterocycles. The monoisotopic (exact) mass is 280 g/mol. The van der Waals surface area contributed by atoms with E-state index >= 15 is 0 Å². The van der Waals surface area contributed by atoms with Crippen molar-refractivity contribution in [2.75, 3.05) is 6.61 Å². The first-order valence-corrected chi connectivity index (χ1v) is 7.52. The highest BCUT2D eigenvalue weighted by molar-refractivity contribution is 5.80. The Kier molecular flexibility index (Phi) is 5.52. The predicted octanol–water partition coefficient (Wildman–Crippen LogP) is 1.21. The van der Waals surface area contributed by atoms with E-state index in [0.717, 1.165) is 18.5 Å². The van der Waals surface area contributed by atoms with E-state index in [9.17, 15) is 4.79 Å². The van der Waals surface area contributed by atoms with E-state index in [4.69, 9.17) is 5.11 Å². The van der Waals surface area contributed by atoms with Gasteiger partial charge in [0.05, 0.1) is 5.69 Å². The van der Waals surface area contributed by atoms with Crippen molar-refractivity contribution in [3.05, 3.63) is 11.9 Å². The van der Waals surface area contributed by atoms with Crippen molar-refractivity contribution in [3.63, 3.8) is 0 Å². The second kappa shape index (κ2) is 7.38. The molecule has 1 saturated carbocycles. The van der Waals surface area contributed by atoms with Gasteiger partial charge in [-0.05, 0) is 32.6 Å². The Hall–Kier alpha value is -1.43. The van der Waals surface area contributed by atoms with Gasteiger partial charge in [0.1, 0.15) is 6.04 Å². The van der Waals surface area contributed by atoms with Crippen LogP contribution in [0, 0.1) is 0 Å². The highest BCUT2D eigenvalue weighted by Gasteiger charge is 2.21. The van der Waals surface area contributed by atoms with E-state index in [1.54, 1.807) is 10.9 Å². The third-order valence-electron chi connectivity index (χ3n) is 3.88. The Balaban J connectivity index is 1.87. The standard InChI is InChI=1S/C14H24N4O2/c1-11(14(20)15-12-6-3-2-4-7-12)18-10-13(16-17-18)8-5-9-19/h10-12,19H,2-9H2,1H3,(H,15,20). The number of nitrogens with one attached hydrogen (secondary N) is 1. The summed E-state index contributed by atoms with van der Waals surface area (Å²) in [6, 6.07) is -0.0246. The number of aliphatic hydroxyl groups is 1. The minimum absolute atomic E-state index is 0.00973. The van der Waals surface area contributed by atoms with Crippen LogP contribution >= 0.6 is 0 Å². The first-order chi connectivity index (χ1) is 9.70. The molecule has 0 spiro atoms. The second-order valence-corrected chi connectivity index (χ2v) is 5.54. The normalized spacial score (nSPS) is 17.9. The molecule has 1 aromatic heterocycles. The van der Waals surface area contributed by atoms with Gasteiger partial charge in [0.25, 0.3) is 0 Å². The minimum Gasteiger partial charge on any atom is -0.396 e. The summed E-state index contributed by atoms with van der Waals surface area (Å²) in [5.41, 5.74) is 0.816. The zero-order chi connectivity index (χ0) is 14.4. The number of aliphatic hydroxyl groups excluding tert-OH is 1. The SMILES string of the molecule is CC(C(=O)NC1CCCCC1)n1cc(CCCO)nn1. The number of carbonyl (C=O) groups excluding carboxylic acids is 1. The number of carbonyl (C=O) groups is 1. The molecule has 1 atom stereocenters. The smallest absolute Gasteiger partial charge is 0.244 e. The van der Waals surface area contributed by atoms with Crippen molar-refractivity contribution < 1.29 is 9.90 Å². The van der Waals surface area contributed by atoms with E-state index < -0.39 is 0 Å². The van der Waals surface area contributed by atoms with Crippen LogP contribution in [0.15, 0.2) is 6.20 Å². The molecular weight excluding hydrogens is 256 g/mol. The molecule has 112 valence electrons. The van der Waals surface area contributed by atoms with Gasteiger partial charge in [0.15, 0.2) is 0 Å². The summed E-state index contributed by atoms with van der Waals surface area (Å²) in [5, 5.41) is 19.9. The van der Waals surface area contributed by atoms with Crippen LogP contribution in [0.5, 0.6) is 0 Å². The average Bonchev–Trinajstić information content (AvgIpc) is 2.94. The Bertz CT molecular complexity index is 427. The van der Waals surface area contributed by atoms with Crippen LogP contribution < -0.4 is 5.32 Å². The largest absolute Gasteiger partial charge is 0.396 e. The fourth-order valence-corrected chi connectivity index (χ4v) is 2.57. The Morgan fingerprint density at radius 3 is 2.95 bits per heavy atom. The van der Waals surface area contributed by atoms with Gasteiger partial charge in [-0.2, -0.15) is 0 Å². The maximum absolute atomic E-state index is 12.2. The molecule has 0 radical (unpaired) electrons. The van der Waals surface area contributed by atoms with Crippen molar-refractivity contribution in [2.45, 2.75) is 64.0 Å². The number of aromatic nitrogens is 3. The van der Waals surface area contributed by atoms with Gasteiger partial charge in [-0.15, -0.1) is 5.10 Å². The lowest BCUT2D eigenvalue weighted by Crippen LogP contribution is -2.40. The Morgan fingerprint density at radius 1 is 1.50 bits per heavy atom.